The van der Waals surface area contributed by atoms with Gasteiger partial charge in [-0.25, -0.2) is 14.2 Å². The Labute approximate surface area is 127 Å². The van der Waals surface area contributed by atoms with Crippen molar-refractivity contribution < 1.29 is 13.9 Å². The molecule has 1 heterocycles. The number of esters is 1. The van der Waals surface area contributed by atoms with Crippen LogP contribution in [0.15, 0.2) is 23.6 Å². The molecule has 0 amide bonds. The molecule has 0 unspecified atom stereocenters. The second-order valence-corrected chi connectivity index (χ2v) is 5.65. The average Bonchev–Trinajstić information content (AvgIpc) is 2.88. The van der Waals surface area contributed by atoms with Gasteiger partial charge in [-0.2, -0.15) is 0 Å². The zero-order chi connectivity index (χ0) is 15.2. The maximum absolute atomic E-state index is 13.7. The normalized spacial score (nSPS) is 10.6. The molecule has 0 radical (unpaired) electrons. The molecule has 0 fully saturated rings. The summed E-state index contributed by atoms with van der Waals surface area (Å²) in [6.45, 7) is 3.29. The molecule has 0 bridgehead atoms. The standard InChI is InChI=1S/C15H17FN2O2S/c1-10-18-12(9-21-10)5-6-17-8-11-3-4-13(14(16)7-11)15(19)20-2/h3-4,7,9,17H,5-6,8H2,1-2H3. The first-order valence-electron chi connectivity index (χ1n) is 6.58. The number of nitrogens with zero attached hydrogens (tertiary/aromatic N) is 1. The number of benzene rings is 1. The van der Waals surface area contributed by atoms with Crippen LogP contribution < -0.4 is 5.32 Å². The third kappa shape index (κ3) is 4.34. The van der Waals surface area contributed by atoms with E-state index >= 15 is 0 Å². The molecule has 1 N–H and O–H groups in total. The van der Waals surface area contributed by atoms with Crippen molar-refractivity contribution in [2.45, 2.75) is 19.9 Å². The maximum Gasteiger partial charge on any atom is 0.340 e. The molecule has 112 valence electrons. The van der Waals surface area contributed by atoms with E-state index in [1.165, 1.54) is 19.2 Å². The Bertz CT molecular complexity index is 628. The molecule has 21 heavy (non-hydrogen) atoms. The van der Waals surface area contributed by atoms with E-state index in [-0.39, 0.29) is 5.56 Å². The van der Waals surface area contributed by atoms with Crippen molar-refractivity contribution in [2.75, 3.05) is 13.7 Å². The van der Waals surface area contributed by atoms with Crippen LogP contribution in [-0.2, 0) is 17.7 Å². The van der Waals surface area contributed by atoms with Gasteiger partial charge in [0.05, 0.1) is 23.4 Å². The van der Waals surface area contributed by atoms with Crippen LogP contribution in [0.2, 0.25) is 0 Å². The van der Waals surface area contributed by atoms with E-state index in [0.29, 0.717) is 6.54 Å². The first kappa shape index (κ1) is 15.6. The number of ether oxygens (including phenoxy) is 1. The van der Waals surface area contributed by atoms with E-state index in [4.69, 9.17) is 0 Å². The Hall–Kier alpha value is -1.79. The van der Waals surface area contributed by atoms with E-state index < -0.39 is 11.8 Å². The number of hydrogen-bond donors (Lipinski definition) is 1. The minimum absolute atomic E-state index is 0.0424. The molecule has 2 rings (SSSR count). The van der Waals surface area contributed by atoms with E-state index in [9.17, 15) is 9.18 Å². The van der Waals surface area contributed by atoms with Gasteiger partial charge in [0, 0.05) is 24.9 Å². The first-order valence-corrected chi connectivity index (χ1v) is 7.46. The first-order chi connectivity index (χ1) is 10.1. The topological polar surface area (TPSA) is 51.2 Å². The fraction of sp³-hybridized carbons (Fsp3) is 0.333. The largest absolute Gasteiger partial charge is 0.465 e. The Morgan fingerprint density at radius 3 is 2.90 bits per heavy atom. The predicted molar refractivity (Wildman–Crippen MR) is 80.0 cm³/mol. The molecule has 0 spiro atoms. The summed E-state index contributed by atoms with van der Waals surface area (Å²) < 4.78 is 18.2. The Morgan fingerprint density at radius 2 is 2.29 bits per heavy atom. The van der Waals surface area contributed by atoms with Crippen molar-refractivity contribution in [1.82, 2.24) is 10.3 Å². The van der Waals surface area contributed by atoms with Crippen LogP contribution in [0.25, 0.3) is 0 Å². The molecule has 0 aliphatic carbocycles. The van der Waals surface area contributed by atoms with Crippen LogP contribution in [0.1, 0.15) is 26.6 Å². The maximum atomic E-state index is 13.7. The van der Waals surface area contributed by atoms with Gasteiger partial charge in [0.25, 0.3) is 0 Å². The van der Waals surface area contributed by atoms with Crippen molar-refractivity contribution in [3.05, 3.63) is 51.2 Å². The lowest BCUT2D eigenvalue weighted by Crippen LogP contribution is -2.17. The van der Waals surface area contributed by atoms with E-state index in [2.05, 4.69) is 15.0 Å². The Kier molecular flexibility index (Phi) is 5.41. The van der Waals surface area contributed by atoms with Gasteiger partial charge in [-0.3, -0.25) is 0 Å². The number of carbonyl (C=O) groups is 1. The molecule has 1 aromatic heterocycles. The lowest BCUT2D eigenvalue weighted by Gasteiger charge is -2.06. The predicted octanol–water partition coefficient (Wildman–Crippen LogP) is 2.71. The van der Waals surface area contributed by atoms with Crippen LogP contribution in [0.5, 0.6) is 0 Å². The Morgan fingerprint density at radius 1 is 1.48 bits per heavy atom. The van der Waals surface area contributed by atoms with Crippen molar-refractivity contribution in [3.8, 4) is 0 Å². The summed E-state index contributed by atoms with van der Waals surface area (Å²) in [5.41, 5.74) is 1.81. The van der Waals surface area contributed by atoms with E-state index in [1.807, 2.05) is 12.3 Å². The van der Waals surface area contributed by atoms with Crippen LogP contribution in [0.3, 0.4) is 0 Å². The third-order valence-corrected chi connectivity index (χ3v) is 3.81. The van der Waals surface area contributed by atoms with Crippen molar-refractivity contribution in [2.24, 2.45) is 0 Å². The van der Waals surface area contributed by atoms with Crippen LogP contribution >= 0.6 is 11.3 Å². The molecule has 1 aromatic carbocycles. The highest BCUT2D eigenvalue weighted by Crippen LogP contribution is 2.12. The van der Waals surface area contributed by atoms with E-state index in [1.54, 1.807) is 17.4 Å². The lowest BCUT2D eigenvalue weighted by atomic mass is 10.1. The smallest absolute Gasteiger partial charge is 0.340 e. The van der Waals surface area contributed by atoms with Gasteiger partial charge < -0.3 is 10.1 Å². The number of aromatic nitrogens is 1. The van der Waals surface area contributed by atoms with Gasteiger partial charge in [-0.15, -0.1) is 11.3 Å². The number of methoxy groups -OCH3 is 1. The number of rotatable bonds is 6. The summed E-state index contributed by atoms with van der Waals surface area (Å²) in [6.07, 6.45) is 0.840. The van der Waals surface area contributed by atoms with Gasteiger partial charge in [0.1, 0.15) is 5.82 Å². The van der Waals surface area contributed by atoms with Gasteiger partial charge in [0.15, 0.2) is 0 Å². The monoisotopic (exact) mass is 308 g/mol. The molecule has 6 heteroatoms. The fourth-order valence-electron chi connectivity index (χ4n) is 1.92. The number of thiazole rings is 1. The molecular formula is C15H17FN2O2S. The summed E-state index contributed by atoms with van der Waals surface area (Å²) in [7, 11) is 1.23. The molecule has 0 aliphatic heterocycles. The van der Waals surface area contributed by atoms with Gasteiger partial charge in [-0.05, 0) is 24.6 Å². The minimum Gasteiger partial charge on any atom is -0.465 e. The molecule has 0 atom stereocenters. The van der Waals surface area contributed by atoms with Crippen molar-refractivity contribution >= 4 is 17.3 Å². The second-order valence-electron chi connectivity index (χ2n) is 4.59. The van der Waals surface area contributed by atoms with Crippen molar-refractivity contribution in [3.63, 3.8) is 0 Å². The molecular weight excluding hydrogens is 291 g/mol. The highest BCUT2D eigenvalue weighted by atomic mass is 32.1. The zero-order valence-corrected chi connectivity index (χ0v) is 12.8. The number of hydrogen-bond acceptors (Lipinski definition) is 5. The van der Waals surface area contributed by atoms with Crippen LogP contribution in [-0.4, -0.2) is 24.6 Å². The summed E-state index contributed by atoms with van der Waals surface area (Å²) in [6, 6.07) is 4.52. The van der Waals surface area contributed by atoms with Crippen LogP contribution in [0, 0.1) is 12.7 Å². The highest BCUT2D eigenvalue weighted by molar-refractivity contribution is 7.09. The average molecular weight is 308 g/mol. The summed E-state index contributed by atoms with van der Waals surface area (Å²) in [4.78, 5) is 15.7. The van der Waals surface area contributed by atoms with E-state index in [0.717, 1.165) is 29.2 Å². The number of halogens is 1. The molecule has 0 saturated carbocycles. The SMILES string of the molecule is COC(=O)c1ccc(CNCCc2csc(C)n2)cc1F. The van der Waals surface area contributed by atoms with Crippen LogP contribution in [0.4, 0.5) is 4.39 Å². The molecule has 2 aromatic rings. The second kappa shape index (κ2) is 7.28. The third-order valence-electron chi connectivity index (χ3n) is 2.99. The summed E-state index contributed by atoms with van der Waals surface area (Å²) in [5.74, 6) is -1.22. The highest BCUT2D eigenvalue weighted by Gasteiger charge is 2.11. The minimum atomic E-state index is -0.661. The fourth-order valence-corrected chi connectivity index (χ4v) is 2.56. The molecule has 0 aliphatic rings. The number of aryl methyl sites for hydroxylation is 1. The van der Waals surface area contributed by atoms with Gasteiger partial charge in [-0.1, -0.05) is 6.07 Å². The van der Waals surface area contributed by atoms with Gasteiger partial charge in [0.2, 0.25) is 0 Å². The molecule has 0 saturated heterocycles. The summed E-state index contributed by atoms with van der Waals surface area (Å²) >= 11 is 1.63. The number of nitrogens with one attached hydrogen (secondary N) is 1. The zero-order valence-electron chi connectivity index (χ0n) is 12.0. The number of carbonyl (C=O) groups excluding carboxylic acids is 1. The van der Waals surface area contributed by atoms with Gasteiger partial charge >= 0.3 is 5.97 Å². The lowest BCUT2D eigenvalue weighted by molar-refractivity contribution is 0.0595. The Balaban J connectivity index is 1.83. The van der Waals surface area contributed by atoms with Crippen molar-refractivity contribution in [1.29, 1.82) is 0 Å². The molecule has 4 nitrogen and oxygen atoms in total. The quantitative estimate of drug-likeness (QED) is 0.658. The summed E-state index contributed by atoms with van der Waals surface area (Å²) in [5, 5.41) is 6.34.